The second kappa shape index (κ2) is 10.7. The van der Waals surface area contributed by atoms with E-state index in [1.165, 1.54) is 0 Å². The third-order valence-electron chi connectivity index (χ3n) is 5.77. The molecule has 1 N–H and O–H groups in total. The Morgan fingerprint density at radius 2 is 1.56 bits per heavy atom. The minimum Gasteiger partial charge on any atom is -0.406 e. The van der Waals surface area contributed by atoms with E-state index in [0.717, 1.165) is 35.5 Å². The number of alkyl halides is 3. The molecule has 0 saturated carbocycles. The van der Waals surface area contributed by atoms with Gasteiger partial charge in [0.1, 0.15) is 5.75 Å². The van der Waals surface area contributed by atoms with Gasteiger partial charge in [0.2, 0.25) is 10.0 Å². The number of piperidine rings is 1. The molecule has 5 nitrogen and oxygen atoms in total. The summed E-state index contributed by atoms with van der Waals surface area (Å²) >= 11 is 18.6. The van der Waals surface area contributed by atoms with Gasteiger partial charge in [-0.1, -0.05) is 46.9 Å². The highest BCUT2D eigenvalue weighted by atomic mass is 35.5. The Kier molecular flexibility index (Phi) is 7.97. The van der Waals surface area contributed by atoms with Crippen LogP contribution >= 0.6 is 34.8 Å². The first-order valence-corrected chi connectivity index (χ1v) is 13.4. The molecular formula is C24H20Cl3F3N2O3S. The van der Waals surface area contributed by atoms with E-state index < -0.39 is 28.2 Å². The van der Waals surface area contributed by atoms with Crippen LogP contribution in [0.4, 0.5) is 18.9 Å². The molecule has 1 aliphatic rings. The summed E-state index contributed by atoms with van der Waals surface area (Å²) < 4.78 is 69.7. The van der Waals surface area contributed by atoms with Gasteiger partial charge in [0.25, 0.3) is 0 Å². The van der Waals surface area contributed by atoms with Crippen LogP contribution in [0.25, 0.3) is 0 Å². The maximum Gasteiger partial charge on any atom is 0.573 e. The molecule has 1 aliphatic heterocycles. The fourth-order valence-corrected chi connectivity index (χ4v) is 6.11. The third kappa shape index (κ3) is 6.58. The predicted molar refractivity (Wildman–Crippen MR) is 134 cm³/mol. The van der Waals surface area contributed by atoms with Crippen molar-refractivity contribution in [3.05, 3.63) is 87.4 Å². The molecule has 0 aliphatic carbocycles. The van der Waals surface area contributed by atoms with E-state index in [-0.39, 0.29) is 10.9 Å². The first-order chi connectivity index (χ1) is 16.9. The maximum atomic E-state index is 13.0. The summed E-state index contributed by atoms with van der Waals surface area (Å²) in [5, 5.41) is 1.54. The first kappa shape index (κ1) is 26.9. The van der Waals surface area contributed by atoms with Crippen LogP contribution in [0.5, 0.6) is 5.75 Å². The molecule has 3 aromatic rings. The molecule has 1 heterocycles. The van der Waals surface area contributed by atoms with Crippen LogP contribution < -0.4 is 14.4 Å². The van der Waals surface area contributed by atoms with Gasteiger partial charge in [-0.15, -0.1) is 13.2 Å². The van der Waals surface area contributed by atoms with Crippen LogP contribution in [-0.2, 0) is 10.0 Å². The summed E-state index contributed by atoms with van der Waals surface area (Å²) in [5.74, 6) is -0.502. The zero-order valence-corrected chi connectivity index (χ0v) is 21.6. The average Bonchev–Trinajstić information content (AvgIpc) is 2.79. The molecule has 0 bridgehead atoms. The number of ether oxygens (including phenoxy) is 1. The molecule has 1 fully saturated rings. The monoisotopic (exact) mass is 578 g/mol. The molecule has 1 saturated heterocycles. The lowest BCUT2D eigenvalue weighted by molar-refractivity contribution is -0.274. The zero-order chi connectivity index (χ0) is 26.1. The zero-order valence-electron chi connectivity index (χ0n) is 18.5. The second-order valence-electron chi connectivity index (χ2n) is 8.22. The van der Waals surface area contributed by atoms with Crippen LogP contribution in [0.1, 0.15) is 24.4 Å². The molecule has 0 radical (unpaired) electrons. The van der Waals surface area contributed by atoms with Gasteiger partial charge in [-0.2, -0.15) is 0 Å². The molecule has 0 spiro atoms. The van der Waals surface area contributed by atoms with E-state index in [4.69, 9.17) is 34.8 Å². The lowest BCUT2D eigenvalue weighted by Crippen LogP contribution is -2.46. The smallest absolute Gasteiger partial charge is 0.406 e. The van der Waals surface area contributed by atoms with Crippen molar-refractivity contribution in [2.24, 2.45) is 0 Å². The van der Waals surface area contributed by atoms with Gasteiger partial charge in [0.05, 0.1) is 21.6 Å². The van der Waals surface area contributed by atoms with Gasteiger partial charge < -0.3 is 9.64 Å². The summed E-state index contributed by atoms with van der Waals surface area (Å²) in [4.78, 5) is 1.93. The summed E-state index contributed by atoms with van der Waals surface area (Å²) in [6.45, 7) is 0.486. The number of nitrogens with zero attached hydrogens (tertiary/aromatic N) is 1. The number of halogens is 6. The van der Waals surface area contributed by atoms with Crippen LogP contribution in [-0.4, -0.2) is 27.4 Å². The number of anilines is 1. The Balaban J connectivity index is 1.56. The highest BCUT2D eigenvalue weighted by Crippen LogP contribution is 2.40. The quantitative estimate of drug-likeness (QED) is 0.335. The van der Waals surface area contributed by atoms with Crippen molar-refractivity contribution in [3.8, 4) is 5.75 Å². The third-order valence-corrected chi connectivity index (χ3v) is 8.09. The Hall–Kier alpha value is -2.17. The van der Waals surface area contributed by atoms with Crippen LogP contribution in [0.2, 0.25) is 15.1 Å². The summed E-state index contributed by atoms with van der Waals surface area (Å²) in [5.41, 5.74) is 1.69. The van der Waals surface area contributed by atoms with Crippen molar-refractivity contribution >= 4 is 50.5 Å². The van der Waals surface area contributed by atoms with Crippen LogP contribution in [0.3, 0.4) is 0 Å². The summed E-state index contributed by atoms with van der Waals surface area (Å²) in [6.07, 6.45) is -3.98. The maximum absolute atomic E-state index is 13.0. The molecule has 2 unspecified atom stereocenters. The Labute approximate surface area is 221 Å². The van der Waals surface area contributed by atoms with Crippen LogP contribution in [0, 0.1) is 0 Å². The topological polar surface area (TPSA) is 58.6 Å². The first-order valence-electron chi connectivity index (χ1n) is 10.8. The van der Waals surface area contributed by atoms with E-state index >= 15 is 0 Å². The summed E-state index contributed by atoms with van der Waals surface area (Å²) in [7, 11) is -4.00. The normalized spacial score (nSPS) is 18.8. The molecule has 192 valence electrons. The van der Waals surface area contributed by atoms with E-state index in [1.54, 1.807) is 24.3 Å². The van der Waals surface area contributed by atoms with Crippen molar-refractivity contribution in [2.45, 2.75) is 36.2 Å². The van der Waals surface area contributed by atoms with E-state index in [9.17, 15) is 21.6 Å². The summed E-state index contributed by atoms with van der Waals surface area (Å²) in [6, 6.07) is 15.9. The van der Waals surface area contributed by atoms with Gasteiger partial charge in [0, 0.05) is 22.6 Å². The molecule has 12 heteroatoms. The fourth-order valence-electron chi connectivity index (χ4n) is 4.18. The van der Waals surface area contributed by atoms with Crippen molar-refractivity contribution in [1.29, 1.82) is 0 Å². The SMILES string of the molecule is O=S(=O)(NC1CCN(c2ccc(Cl)cc2Cl)C(c2ccc(Cl)cc2)C1)c1ccc(OC(F)(F)F)cc1. The fraction of sp³-hybridized carbons (Fsp3) is 0.250. The van der Waals surface area contributed by atoms with E-state index in [0.29, 0.717) is 34.5 Å². The van der Waals surface area contributed by atoms with Crippen molar-refractivity contribution < 1.29 is 26.3 Å². The molecule has 36 heavy (non-hydrogen) atoms. The Morgan fingerprint density at radius 3 is 2.17 bits per heavy atom. The van der Waals surface area contributed by atoms with Crippen molar-refractivity contribution in [3.63, 3.8) is 0 Å². The number of rotatable bonds is 6. The number of hydrogen-bond donors (Lipinski definition) is 1. The van der Waals surface area contributed by atoms with E-state index in [2.05, 4.69) is 14.4 Å². The van der Waals surface area contributed by atoms with Gasteiger partial charge >= 0.3 is 6.36 Å². The second-order valence-corrected chi connectivity index (χ2v) is 11.2. The number of hydrogen-bond acceptors (Lipinski definition) is 4. The molecule has 2 atom stereocenters. The number of benzene rings is 3. The molecular weight excluding hydrogens is 560 g/mol. The number of sulfonamides is 1. The predicted octanol–water partition coefficient (Wildman–Crippen LogP) is 7.23. The standard InChI is InChI=1S/C24H20Cl3F3N2O3S/c25-16-3-1-15(2-4-16)23-14-18(11-12-32(23)22-10-5-17(26)13-21(22)27)31-36(33,34)20-8-6-19(7-9-20)35-24(28,29)30/h1-10,13,18,23,31H,11-12,14H2. The lowest BCUT2D eigenvalue weighted by atomic mass is 9.91. The highest BCUT2D eigenvalue weighted by Gasteiger charge is 2.34. The lowest BCUT2D eigenvalue weighted by Gasteiger charge is -2.42. The molecule has 0 aromatic heterocycles. The van der Waals surface area contributed by atoms with Gasteiger partial charge in [-0.05, 0) is 73.0 Å². The van der Waals surface area contributed by atoms with Crippen LogP contribution in [0.15, 0.2) is 71.6 Å². The van der Waals surface area contributed by atoms with Crippen molar-refractivity contribution in [2.75, 3.05) is 11.4 Å². The average molecular weight is 580 g/mol. The molecule has 0 amide bonds. The van der Waals surface area contributed by atoms with Gasteiger partial charge in [0.15, 0.2) is 0 Å². The Bertz CT molecular complexity index is 1320. The van der Waals surface area contributed by atoms with E-state index in [1.807, 2.05) is 18.2 Å². The molecule has 3 aromatic carbocycles. The highest BCUT2D eigenvalue weighted by molar-refractivity contribution is 7.89. The molecule has 4 rings (SSSR count). The Morgan fingerprint density at radius 1 is 0.917 bits per heavy atom. The van der Waals surface area contributed by atoms with Gasteiger partial charge in [-0.25, -0.2) is 13.1 Å². The number of nitrogens with one attached hydrogen (secondary N) is 1. The largest absolute Gasteiger partial charge is 0.573 e. The van der Waals surface area contributed by atoms with Crippen molar-refractivity contribution in [1.82, 2.24) is 4.72 Å². The van der Waals surface area contributed by atoms with Gasteiger partial charge in [-0.3, -0.25) is 0 Å². The minimum atomic E-state index is -4.86. The minimum absolute atomic E-state index is 0.164.